The number of H-pyrrole nitrogens is 1. The zero-order valence-corrected chi connectivity index (χ0v) is 9.33. The molecule has 1 amide bonds. The monoisotopic (exact) mass is 226 g/mol. The summed E-state index contributed by atoms with van der Waals surface area (Å²) in [6, 6.07) is 2.81. The van der Waals surface area contributed by atoms with Crippen molar-refractivity contribution in [1.29, 1.82) is 0 Å². The minimum absolute atomic E-state index is 0.00561. The van der Waals surface area contributed by atoms with E-state index in [0.717, 1.165) is 0 Å². The summed E-state index contributed by atoms with van der Waals surface area (Å²) in [4.78, 5) is 24.4. The van der Waals surface area contributed by atoms with E-state index >= 15 is 0 Å². The molecule has 3 N–H and O–H groups in total. The Morgan fingerprint density at radius 1 is 1.38 bits per heavy atom. The molecule has 0 atom stereocenters. The van der Waals surface area contributed by atoms with E-state index in [1.807, 2.05) is 0 Å². The summed E-state index contributed by atoms with van der Waals surface area (Å²) in [6.07, 6.45) is -0.633. The first kappa shape index (κ1) is 12.1. The maximum Gasteiger partial charge on any atom is 0.413 e. The van der Waals surface area contributed by atoms with Gasteiger partial charge in [-0.1, -0.05) is 0 Å². The lowest BCUT2D eigenvalue weighted by Gasteiger charge is -2.19. The number of carbonyl (C=O) groups is 2. The Morgan fingerprint density at radius 3 is 2.44 bits per heavy atom. The van der Waals surface area contributed by atoms with Gasteiger partial charge in [-0.3, -0.25) is 5.32 Å². The van der Waals surface area contributed by atoms with Crippen LogP contribution in [0.3, 0.4) is 0 Å². The average Bonchev–Trinajstić information content (AvgIpc) is 2.48. The van der Waals surface area contributed by atoms with E-state index in [0.29, 0.717) is 0 Å². The number of carboxylic acids is 1. The second-order valence-corrected chi connectivity index (χ2v) is 4.22. The van der Waals surface area contributed by atoms with Gasteiger partial charge in [-0.15, -0.1) is 0 Å². The predicted molar refractivity (Wildman–Crippen MR) is 57.6 cm³/mol. The van der Waals surface area contributed by atoms with E-state index in [-0.39, 0.29) is 11.5 Å². The second-order valence-electron chi connectivity index (χ2n) is 4.22. The third kappa shape index (κ3) is 3.64. The summed E-state index contributed by atoms with van der Waals surface area (Å²) < 4.78 is 4.99. The van der Waals surface area contributed by atoms with Crippen molar-refractivity contribution in [3.05, 3.63) is 17.8 Å². The quantitative estimate of drug-likeness (QED) is 0.719. The van der Waals surface area contributed by atoms with Crippen molar-refractivity contribution in [3.8, 4) is 0 Å². The number of anilines is 1. The lowest BCUT2D eigenvalue weighted by molar-refractivity contribution is 0.0631. The van der Waals surface area contributed by atoms with Gasteiger partial charge < -0.3 is 14.8 Å². The SMILES string of the molecule is CC(C)(C)OC(=O)Nc1ccc(C(=O)O)[nH]1. The molecule has 88 valence electrons. The van der Waals surface area contributed by atoms with Crippen molar-refractivity contribution in [2.24, 2.45) is 0 Å². The fourth-order valence-electron chi connectivity index (χ4n) is 1.01. The number of ether oxygens (including phenoxy) is 1. The molecule has 0 aliphatic rings. The van der Waals surface area contributed by atoms with Crippen LogP contribution in [0.5, 0.6) is 0 Å². The maximum atomic E-state index is 11.3. The Morgan fingerprint density at radius 2 is 2.00 bits per heavy atom. The van der Waals surface area contributed by atoms with Crippen molar-refractivity contribution in [3.63, 3.8) is 0 Å². The van der Waals surface area contributed by atoms with Crippen LogP contribution in [0.4, 0.5) is 10.6 Å². The summed E-state index contributed by atoms with van der Waals surface area (Å²) in [5.74, 6) is -0.802. The summed E-state index contributed by atoms with van der Waals surface area (Å²) in [6.45, 7) is 5.22. The summed E-state index contributed by atoms with van der Waals surface area (Å²) in [7, 11) is 0. The highest BCUT2D eigenvalue weighted by atomic mass is 16.6. The molecule has 0 fully saturated rings. The highest BCUT2D eigenvalue weighted by Gasteiger charge is 2.16. The minimum Gasteiger partial charge on any atom is -0.477 e. The van der Waals surface area contributed by atoms with Crippen LogP contribution in [0.15, 0.2) is 12.1 Å². The zero-order valence-electron chi connectivity index (χ0n) is 9.33. The molecule has 1 heterocycles. The highest BCUT2D eigenvalue weighted by Crippen LogP contribution is 2.11. The zero-order chi connectivity index (χ0) is 12.3. The molecule has 0 bridgehead atoms. The summed E-state index contributed by atoms with van der Waals surface area (Å²) >= 11 is 0. The number of aromatic nitrogens is 1. The van der Waals surface area contributed by atoms with Crippen molar-refractivity contribution in [2.75, 3.05) is 5.32 Å². The Bertz CT molecular complexity index is 403. The molecule has 0 aliphatic carbocycles. The van der Waals surface area contributed by atoms with E-state index in [4.69, 9.17) is 9.84 Å². The number of aromatic amines is 1. The standard InChI is InChI=1S/C10H14N2O4/c1-10(2,3)16-9(15)12-7-5-4-6(11-7)8(13)14/h4-5,11H,1-3H3,(H,12,15)(H,13,14). The van der Waals surface area contributed by atoms with E-state index in [2.05, 4.69) is 10.3 Å². The molecular weight excluding hydrogens is 212 g/mol. The van der Waals surface area contributed by atoms with Gasteiger partial charge in [0, 0.05) is 0 Å². The largest absolute Gasteiger partial charge is 0.477 e. The molecule has 16 heavy (non-hydrogen) atoms. The number of carboxylic acid groups (broad SMARTS) is 1. The number of amides is 1. The molecule has 0 saturated carbocycles. The number of rotatable bonds is 2. The normalized spacial score (nSPS) is 10.9. The van der Waals surface area contributed by atoms with Gasteiger partial charge in [0.1, 0.15) is 17.1 Å². The van der Waals surface area contributed by atoms with E-state index in [9.17, 15) is 9.59 Å². The van der Waals surface area contributed by atoms with Gasteiger partial charge in [0.15, 0.2) is 0 Å². The van der Waals surface area contributed by atoms with E-state index < -0.39 is 17.7 Å². The fraction of sp³-hybridized carbons (Fsp3) is 0.400. The van der Waals surface area contributed by atoms with Crippen molar-refractivity contribution in [2.45, 2.75) is 26.4 Å². The topological polar surface area (TPSA) is 91.4 Å². The molecule has 1 rings (SSSR count). The van der Waals surface area contributed by atoms with Gasteiger partial charge >= 0.3 is 12.1 Å². The first-order valence-electron chi connectivity index (χ1n) is 4.70. The Balaban J connectivity index is 2.60. The van der Waals surface area contributed by atoms with Gasteiger partial charge in [0.25, 0.3) is 0 Å². The molecule has 0 spiro atoms. The Labute approximate surface area is 92.6 Å². The Kier molecular flexibility index (Phi) is 3.22. The van der Waals surface area contributed by atoms with Crippen molar-refractivity contribution in [1.82, 2.24) is 4.98 Å². The van der Waals surface area contributed by atoms with Gasteiger partial charge in [-0.25, -0.2) is 9.59 Å². The second kappa shape index (κ2) is 4.26. The predicted octanol–water partition coefficient (Wildman–Crippen LogP) is 2.06. The van der Waals surface area contributed by atoms with Crippen molar-refractivity contribution >= 4 is 17.9 Å². The summed E-state index contributed by atoms with van der Waals surface area (Å²) in [5, 5.41) is 11.0. The van der Waals surface area contributed by atoms with Crippen LogP contribution >= 0.6 is 0 Å². The minimum atomic E-state index is -1.09. The van der Waals surface area contributed by atoms with Crippen LogP contribution in [-0.2, 0) is 4.74 Å². The number of hydrogen-bond donors (Lipinski definition) is 3. The van der Waals surface area contributed by atoms with Crippen molar-refractivity contribution < 1.29 is 19.4 Å². The van der Waals surface area contributed by atoms with Crippen LogP contribution in [-0.4, -0.2) is 27.8 Å². The lowest BCUT2D eigenvalue weighted by atomic mass is 10.2. The van der Waals surface area contributed by atoms with Crippen LogP contribution in [0.2, 0.25) is 0 Å². The third-order valence-corrected chi connectivity index (χ3v) is 1.55. The first-order valence-corrected chi connectivity index (χ1v) is 4.70. The van der Waals surface area contributed by atoms with Crippen LogP contribution in [0.1, 0.15) is 31.3 Å². The van der Waals surface area contributed by atoms with E-state index in [1.54, 1.807) is 20.8 Å². The molecule has 0 radical (unpaired) electrons. The molecule has 6 heteroatoms. The number of nitrogens with one attached hydrogen (secondary N) is 2. The van der Waals surface area contributed by atoms with Crippen LogP contribution in [0.25, 0.3) is 0 Å². The molecule has 0 aliphatic heterocycles. The fourth-order valence-corrected chi connectivity index (χ4v) is 1.01. The molecule has 0 saturated heterocycles. The van der Waals surface area contributed by atoms with Gasteiger partial charge in [0.05, 0.1) is 0 Å². The third-order valence-electron chi connectivity index (χ3n) is 1.55. The Hall–Kier alpha value is -1.98. The number of hydrogen-bond acceptors (Lipinski definition) is 3. The van der Waals surface area contributed by atoms with Gasteiger partial charge in [0.2, 0.25) is 0 Å². The van der Waals surface area contributed by atoms with Gasteiger partial charge in [-0.2, -0.15) is 0 Å². The number of aromatic carboxylic acids is 1. The molecule has 0 unspecified atom stereocenters. The average molecular weight is 226 g/mol. The lowest BCUT2D eigenvalue weighted by Crippen LogP contribution is -2.27. The molecule has 1 aromatic rings. The molecule has 6 nitrogen and oxygen atoms in total. The van der Waals surface area contributed by atoms with E-state index in [1.165, 1.54) is 12.1 Å². The molecule has 1 aromatic heterocycles. The van der Waals surface area contributed by atoms with Crippen LogP contribution < -0.4 is 5.32 Å². The van der Waals surface area contributed by atoms with Crippen LogP contribution in [0, 0.1) is 0 Å². The maximum absolute atomic E-state index is 11.3. The molecular formula is C10H14N2O4. The van der Waals surface area contributed by atoms with Gasteiger partial charge in [-0.05, 0) is 32.9 Å². The molecule has 0 aromatic carbocycles. The smallest absolute Gasteiger partial charge is 0.413 e. The highest BCUT2D eigenvalue weighted by molar-refractivity contribution is 5.89. The number of carbonyl (C=O) groups excluding carboxylic acids is 1. The summed E-state index contributed by atoms with van der Waals surface area (Å²) in [5.41, 5.74) is -0.585. The first-order chi connectivity index (χ1) is 7.28.